The first-order valence-electron chi connectivity index (χ1n) is 14.4. The van der Waals surface area contributed by atoms with Gasteiger partial charge in [-0.25, -0.2) is 0 Å². The largest absolute Gasteiger partial charge is 0.0848 e. The predicted octanol–water partition coefficient (Wildman–Crippen LogP) is 9.16. The third kappa shape index (κ3) is 3.89. The van der Waals surface area contributed by atoms with Crippen LogP contribution in [-0.2, 0) is 0 Å². The molecule has 0 N–H and O–H groups in total. The average molecular weight is 425 g/mol. The summed E-state index contributed by atoms with van der Waals surface area (Å²) in [6.07, 6.45) is 22.0. The Hall–Kier alpha value is -0.260. The van der Waals surface area contributed by atoms with Crippen LogP contribution in [0, 0.1) is 70.0 Å². The highest BCUT2D eigenvalue weighted by Gasteiger charge is 2.55. The molecule has 0 aromatic carbocycles. The summed E-state index contributed by atoms with van der Waals surface area (Å²) in [5, 5.41) is 0. The molecule has 0 bridgehead atoms. The van der Waals surface area contributed by atoms with Crippen LogP contribution in [0.2, 0.25) is 0 Å². The van der Waals surface area contributed by atoms with Gasteiger partial charge in [-0.2, -0.15) is 0 Å². The Morgan fingerprint density at radius 3 is 2.39 bits per heavy atom. The van der Waals surface area contributed by atoms with Gasteiger partial charge in [-0.05, 0) is 134 Å². The number of hydrogen-bond acceptors (Lipinski definition) is 0. The highest BCUT2D eigenvalue weighted by molar-refractivity contribution is 5.13. The Labute approximate surface area is 194 Å². The van der Waals surface area contributed by atoms with E-state index in [0.717, 1.165) is 53.3 Å². The molecule has 5 aliphatic rings. The molecular formula is C31H52. The fraction of sp³-hybridized carbons (Fsp3) is 0.935. The molecule has 0 saturated heterocycles. The Bertz CT molecular complexity index is 674. The smallest absolute Gasteiger partial charge is 0.0115 e. The van der Waals surface area contributed by atoms with Crippen molar-refractivity contribution >= 4 is 0 Å². The zero-order valence-corrected chi connectivity index (χ0v) is 21.7. The summed E-state index contributed by atoms with van der Waals surface area (Å²) in [4.78, 5) is 0. The van der Waals surface area contributed by atoms with Gasteiger partial charge >= 0.3 is 0 Å². The molecular weight excluding hydrogens is 372 g/mol. The van der Waals surface area contributed by atoms with Crippen LogP contribution < -0.4 is 0 Å². The van der Waals surface area contributed by atoms with E-state index in [-0.39, 0.29) is 0 Å². The fourth-order valence-electron chi connectivity index (χ4n) is 9.94. The second kappa shape index (κ2) is 8.20. The van der Waals surface area contributed by atoms with Crippen LogP contribution in [0.25, 0.3) is 0 Å². The third-order valence-electron chi connectivity index (χ3n) is 12.2. The standard InChI is InChI=1S/C31H52/c1-7-13-31(6)28(21(4)20(2)3)10-11-29(31)23-8-9-26-16-22(12-14-30(26,5)19-23)15-24-17-25-18-27(24)25/h12,14,20-29H,7-11,13,15-19H2,1-6H3. The minimum atomic E-state index is 0.496. The van der Waals surface area contributed by atoms with Gasteiger partial charge in [0.25, 0.3) is 0 Å². The molecule has 0 aromatic heterocycles. The van der Waals surface area contributed by atoms with E-state index in [2.05, 4.69) is 53.7 Å². The summed E-state index contributed by atoms with van der Waals surface area (Å²) in [6, 6.07) is 0. The van der Waals surface area contributed by atoms with Crippen molar-refractivity contribution in [1.82, 2.24) is 0 Å². The molecule has 0 spiro atoms. The zero-order valence-electron chi connectivity index (χ0n) is 21.7. The molecule has 0 aromatic rings. The third-order valence-corrected chi connectivity index (χ3v) is 12.2. The fourth-order valence-corrected chi connectivity index (χ4v) is 9.94. The van der Waals surface area contributed by atoms with Gasteiger partial charge in [0, 0.05) is 0 Å². The Balaban J connectivity index is 1.27. The van der Waals surface area contributed by atoms with E-state index in [1.807, 2.05) is 0 Å². The number of fused-ring (bicyclic) bond motifs is 2. The van der Waals surface area contributed by atoms with Crippen LogP contribution in [0.3, 0.4) is 0 Å². The van der Waals surface area contributed by atoms with Gasteiger partial charge in [-0.1, -0.05) is 60.1 Å². The molecule has 11 atom stereocenters. The van der Waals surface area contributed by atoms with Crippen LogP contribution in [-0.4, -0.2) is 0 Å². The van der Waals surface area contributed by atoms with Crippen LogP contribution in [0.15, 0.2) is 12.2 Å². The van der Waals surface area contributed by atoms with Crippen molar-refractivity contribution in [2.24, 2.45) is 70.0 Å². The zero-order chi connectivity index (χ0) is 22.0. The molecule has 5 rings (SSSR count). The summed E-state index contributed by atoms with van der Waals surface area (Å²) in [5.74, 6) is 9.92. The second-order valence-corrected chi connectivity index (χ2v) is 14.1. The van der Waals surface area contributed by atoms with Crippen LogP contribution in [0.5, 0.6) is 0 Å². The molecule has 0 amide bonds. The first-order chi connectivity index (χ1) is 14.7. The van der Waals surface area contributed by atoms with Crippen molar-refractivity contribution in [2.75, 3.05) is 0 Å². The summed E-state index contributed by atoms with van der Waals surface area (Å²) >= 11 is 0. The monoisotopic (exact) mass is 424 g/mol. The Kier molecular flexibility index (Phi) is 5.96. The van der Waals surface area contributed by atoms with Gasteiger partial charge in [0.15, 0.2) is 0 Å². The van der Waals surface area contributed by atoms with Crippen molar-refractivity contribution < 1.29 is 0 Å². The molecule has 4 saturated carbocycles. The maximum Gasteiger partial charge on any atom is -0.0115 e. The highest BCUT2D eigenvalue weighted by Crippen LogP contribution is 2.64. The topological polar surface area (TPSA) is 0 Å². The minimum Gasteiger partial charge on any atom is -0.0848 e. The molecule has 11 unspecified atom stereocenters. The number of hydrogen-bond donors (Lipinski definition) is 0. The van der Waals surface area contributed by atoms with Crippen molar-refractivity contribution in [2.45, 2.75) is 112 Å². The maximum absolute atomic E-state index is 2.75. The van der Waals surface area contributed by atoms with Gasteiger partial charge in [0.05, 0.1) is 0 Å². The predicted molar refractivity (Wildman–Crippen MR) is 134 cm³/mol. The van der Waals surface area contributed by atoms with E-state index in [1.54, 1.807) is 12.8 Å². The van der Waals surface area contributed by atoms with Gasteiger partial charge in [-0.15, -0.1) is 0 Å². The van der Waals surface area contributed by atoms with E-state index in [1.165, 1.54) is 63.7 Å². The number of rotatable bonds is 7. The second-order valence-electron chi connectivity index (χ2n) is 14.1. The van der Waals surface area contributed by atoms with Crippen molar-refractivity contribution in [1.29, 1.82) is 0 Å². The van der Waals surface area contributed by atoms with Gasteiger partial charge in [0.2, 0.25) is 0 Å². The van der Waals surface area contributed by atoms with E-state index in [4.69, 9.17) is 0 Å². The molecule has 0 aliphatic heterocycles. The van der Waals surface area contributed by atoms with Gasteiger partial charge < -0.3 is 0 Å². The van der Waals surface area contributed by atoms with Gasteiger partial charge in [-0.3, -0.25) is 0 Å². The van der Waals surface area contributed by atoms with E-state index < -0.39 is 0 Å². The van der Waals surface area contributed by atoms with Crippen molar-refractivity contribution in [3.8, 4) is 0 Å². The molecule has 0 heterocycles. The molecule has 0 nitrogen and oxygen atoms in total. The molecule has 31 heavy (non-hydrogen) atoms. The molecule has 5 aliphatic carbocycles. The lowest BCUT2D eigenvalue weighted by Crippen LogP contribution is -2.43. The van der Waals surface area contributed by atoms with Crippen LogP contribution in [0.4, 0.5) is 0 Å². The van der Waals surface area contributed by atoms with Crippen molar-refractivity contribution in [3.63, 3.8) is 0 Å². The quantitative estimate of drug-likeness (QED) is 0.357. The molecule has 0 heteroatoms. The summed E-state index contributed by atoms with van der Waals surface area (Å²) in [7, 11) is 0. The first kappa shape index (κ1) is 22.5. The lowest BCUT2D eigenvalue weighted by molar-refractivity contribution is 0.00273. The Morgan fingerprint density at radius 1 is 0.935 bits per heavy atom. The van der Waals surface area contributed by atoms with E-state index in [9.17, 15) is 0 Å². The maximum atomic E-state index is 2.75. The molecule has 0 radical (unpaired) electrons. The average Bonchev–Trinajstić information content (AvgIpc) is 3.26. The summed E-state index contributed by atoms with van der Waals surface area (Å²) in [6.45, 7) is 15.3. The SMILES string of the molecule is CCCC1(C)C(C2CCC3CC(CC4CC5CC45)C=CC3(C)C2)CCC1C(C)C(C)C. The van der Waals surface area contributed by atoms with Crippen LogP contribution in [0.1, 0.15) is 112 Å². The highest BCUT2D eigenvalue weighted by atomic mass is 14.6. The first-order valence-corrected chi connectivity index (χ1v) is 14.4. The lowest BCUT2D eigenvalue weighted by Gasteiger charge is -2.52. The van der Waals surface area contributed by atoms with E-state index in [0.29, 0.717) is 10.8 Å². The normalized spacial score (nSPS) is 51.8. The minimum absolute atomic E-state index is 0.496. The molecule has 176 valence electrons. The summed E-state index contributed by atoms with van der Waals surface area (Å²) < 4.78 is 0. The molecule has 4 fully saturated rings. The number of allylic oxidation sites excluding steroid dienone is 2. The lowest BCUT2D eigenvalue weighted by atomic mass is 9.53. The van der Waals surface area contributed by atoms with E-state index >= 15 is 0 Å². The summed E-state index contributed by atoms with van der Waals surface area (Å²) in [5.41, 5.74) is 1.08. The van der Waals surface area contributed by atoms with Gasteiger partial charge in [0.1, 0.15) is 0 Å². The van der Waals surface area contributed by atoms with Crippen molar-refractivity contribution in [3.05, 3.63) is 12.2 Å². The van der Waals surface area contributed by atoms with Crippen LogP contribution >= 0.6 is 0 Å². The Morgan fingerprint density at radius 2 is 1.74 bits per heavy atom.